The third-order valence-electron chi connectivity index (χ3n) is 3.70. The van der Waals surface area contributed by atoms with Crippen molar-refractivity contribution in [3.63, 3.8) is 0 Å². The van der Waals surface area contributed by atoms with E-state index in [1.807, 2.05) is 6.92 Å². The standard InChI is InChI=1S/C14H20ClNO3S/c1-10-6-11(2)16(9-10)20(17,18)14-5-4-12(8-15)7-13(14)19-3/h4-5,7,10-11H,6,8-9H2,1-3H3. The van der Waals surface area contributed by atoms with Gasteiger partial charge in [0, 0.05) is 18.5 Å². The van der Waals surface area contributed by atoms with Gasteiger partial charge in [0.15, 0.2) is 0 Å². The predicted molar refractivity (Wildman–Crippen MR) is 79.7 cm³/mol. The highest BCUT2D eigenvalue weighted by molar-refractivity contribution is 7.89. The van der Waals surface area contributed by atoms with Crippen LogP contribution in [-0.4, -0.2) is 32.4 Å². The minimum absolute atomic E-state index is 0.0207. The van der Waals surface area contributed by atoms with Gasteiger partial charge >= 0.3 is 0 Å². The Balaban J connectivity index is 2.44. The monoisotopic (exact) mass is 317 g/mol. The Hall–Kier alpha value is -0.780. The number of hydrogen-bond acceptors (Lipinski definition) is 3. The molecule has 1 saturated heterocycles. The number of alkyl halides is 1. The van der Waals surface area contributed by atoms with E-state index in [4.69, 9.17) is 16.3 Å². The van der Waals surface area contributed by atoms with Crippen LogP contribution in [0.15, 0.2) is 23.1 Å². The lowest BCUT2D eigenvalue weighted by Crippen LogP contribution is -2.34. The molecular formula is C14H20ClNO3S. The first kappa shape index (κ1) is 15.6. The van der Waals surface area contributed by atoms with Crippen LogP contribution in [0.4, 0.5) is 0 Å². The number of hydrogen-bond donors (Lipinski definition) is 0. The first-order valence-electron chi connectivity index (χ1n) is 6.65. The number of ether oxygens (including phenoxy) is 1. The molecule has 0 aliphatic carbocycles. The molecule has 0 saturated carbocycles. The van der Waals surface area contributed by atoms with E-state index in [-0.39, 0.29) is 10.9 Å². The molecule has 4 nitrogen and oxygen atoms in total. The minimum Gasteiger partial charge on any atom is -0.495 e. The fourth-order valence-electron chi connectivity index (χ4n) is 2.73. The molecule has 0 aromatic heterocycles. The van der Waals surface area contributed by atoms with Crippen molar-refractivity contribution in [2.45, 2.75) is 37.1 Å². The molecule has 1 aromatic rings. The molecule has 0 bridgehead atoms. The van der Waals surface area contributed by atoms with Gasteiger partial charge in [-0.15, -0.1) is 11.6 Å². The van der Waals surface area contributed by atoms with E-state index >= 15 is 0 Å². The van der Waals surface area contributed by atoms with E-state index in [1.165, 1.54) is 7.11 Å². The van der Waals surface area contributed by atoms with Crippen LogP contribution in [-0.2, 0) is 15.9 Å². The summed E-state index contributed by atoms with van der Waals surface area (Å²) in [5.74, 6) is 1.07. The van der Waals surface area contributed by atoms with Crippen LogP contribution in [0.2, 0.25) is 0 Å². The Morgan fingerprint density at radius 2 is 2.10 bits per heavy atom. The van der Waals surface area contributed by atoms with Crippen LogP contribution in [0.25, 0.3) is 0 Å². The SMILES string of the molecule is COc1cc(CCl)ccc1S(=O)(=O)N1CC(C)CC1C. The number of methoxy groups -OCH3 is 1. The van der Waals surface area contributed by atoms with Crippen molar-refractivity contribution in [2.24, 2.45) is 5.92 Å². The van der Waals surface area contributed by atoms with Gasteiger partial charge < -0.3 is 4.74 Å². The summed E-state index contributed by atoms with van der Waals surface area (Å²) in [4.78, 5) is 0.217. The molecule has 0 amide bonds. The topological polar surface area (TPSA) is 46.6 Å². The number of halogens is 1. The summed E-state index contributed by atoms with van der Waals surface area (Å²) >= 11 is 5.78. The lowest BCUT2D eigenvalue weighted by molar-refractivity contribution is 0.385. The normalized spacial score (nSPS) is 24.0. The Kier molecular flexibility index (Phi) is 4.62. The molecule has 2 atom stereocenters. The summed E-state index contributed by atoms with van der Waals surface area (Å²) in [5, 5.41) is 0. The molecule has 2 rings (SSSR count). The van der Waals surface area contributed by atoms with Gasteiger partial charge in [-0.25, -0.2) is 8.42 Å². The van der Waals surface area contributed by atoms with Crippen LogP contribution >= 0.6 is 11.6 Å². The van der Waals surface area contributed by atoms with E-state index in [0.717, 1.165) is 12.0 Å². The van der Waals surface area contributed by atoms with Crippen molar-refractivity contribution in [1.29, 1.82) is 0 Å². The molecule has 1 aromatic carbocycles. The van der Waals surface area contributed by atoms with E-state index in [0.29, 0.717) is 24.1 Å². The molecule has 1 heterocycles. The second kappa shape index (κ2) is 5.92. The van der Waals surface area contributed by atoms with Gasteiger partial charge in [-0.05, 0) is 37.0 Å². The average molecular weight is 318 g/mol. The molecule has 2 unspecified atom stereocenters. The van der Waals surface area contributed by atoms with E-state index in [2.05, 4.69) is 6.92 Å². The number of nitrogens with zero attached hydrogens (tertiary/aromatic N) is 1. The van der Waals surface area contributed by atoms with Gasteiger partial charge in [0.2, 0.25) is 10.0 Å². The molecule has 1 aliphatic heterocycles. The van der Waals surface area contributed by atoms with Gasteiger partial charge in [-0.2, -0.15) is 4.31 Å². The van der Waals surface area contributed by atoms with Crippen LogP contribution in [0, 0.1) is 5.92 Å². The maximum Gasteiger partial charge on any atom is 0.247 e. The smallest absolute Gasteiger partial charge is 0.247 e. The van der Waals surface area contributed by atoms with E-state index < -0.39 is 10.0 Å². The van der Waals surface area contributed by atoms with Crippen molar-refractivity contribution in [2.75, 3.05) is 13.7 Å². The Morgan fingerprint density at radius 3 is 2.60 bits per heavy atom. The first-order chi connectivity index (χ1) is 9.40. The number of rotatable bonds is 4. The van der Waals surface area contributed by atoms with Gasteiger partial charge in [0.25, 0.3) is 0 Å². The quantitative estimate of drug-likeness (QED) is 0.802. The van der Waals surface area contributed by atoms with Crippen molar-refractivity contribution >= 4 is 21.6 Å². The average Bonchev–Trinajstić information content (AvgIpc) is 2.77. The zero-order valence-corrected chi connectivity index (χ0v) is 13.5. The van der Waals surface area contributed by atoms with Crippen molar-refractivity contribution in [3.8, 4) is 5.75 Å². The fourth-order valence-corrected chi connectivity index (χ4v) is 4.80. The second-order valence-corrected chi connectivity index (χ2v) is 7.51. The summed E-state index contributed by atoms with van der Waals surface area (Å²) in [7, 11) is -2.05. The largest absolute Gasteiger partial charge is 0.495 e. The molecule has 6 heteroatoms. The molecule has 20 heavy (non-hydrogen) atoms. The number of sulfonamides is 1. The predicted octanol–water partition coefficient (Wildman–Crippen LogP) is 2.85. The van der Waals surface area contributed by atoms with Crippen LogP contribution in [0.3, 0.4) is 0 Å². The highest BCUT2D eigenvalue weighted by Crippen LogP contribution is 2.33. The number of benzene rings is 1. The summed E-state index contributed by atoms with van der Waals surface area (Å²) in [6.07, 6.45) is 0.890. The molecule has 0 N–H and O–H groups in total. The van der Waals surface area contributed by atoms with Crippen LogP contribution in [0.5, 0.6) is 5.75 Å². The van der Waals surface area contributed by atoms with Gasteiger partial charge in [-0.1, -0.05) is 13.0 Å². The minimum atomic E-state index is -3.52. The summed E-state index contributed by atoms with van der Waals surface area (Å²) in [6, 6.07) is 5.02. The molecule has 112 valence electrons. The Labute approximate surface area is 125 Å². The van der Waals surface area contributed by atoms with E-state index in [9.17, 15) is 8.42 Å². The maximum absolute atomic E-state index is 12.8. The Morgan fingerprint density at radius 1 is 1.40 bits per heavy atom. The van der Waals surface area contributed by atoms with Crippen molar-refractivity contribution in [3.05, 3.63) is 23.8 Å². The first-order valence-corrected chi connectivity index (χ1v) is 8.62. The third-order valence-corrected chi connectivity index (χ3v) is 6.02. The zero-order chi connectivity index (χ0) is 14.9. The maximum atomic E-state index is 12.8. The van der Waals surface area contributed by atoms with Gasteiger partial charge in [-0.3, -0.25) is 0 Å². The highest BCUT2D eigenvalue weighted by atomic mass is 35.5. The lowest BCUT2D eigenvalue weighted by Gasteiger charge is -2.22. The zero-order valence-electron chi connectivity index (χ0n) is 12.0. The molecular weight excluding hydrogens is 298 g/mol. The lowest BCUT2D eigenvalue weighted by atomic mass is 10.1. The van der Waals surface area contributed by atoms with Crippen LogP contribution in [0.1, 0.15) is 25.8 Å². The summed E-state index contributed by atoms with van der Waals surface area (Å²) in [5.41, 5.74) is 0.838. The van der Waals surface area contributed by atoms with Crippen molar-refractivity contribution in [1.82, 2.24) is 4.31 Å². The fraction of sp³-hybridized carbons (Fsp3) is 0.571. The van der Waals surface area contributed by atoms with Gasteiger partial charge in [0.05, 0.1) is 7.11 Å². The molecule has 0 spiro atoms. The molecule has 1 fully saturated rings. The second-order valence-electron chi connectivity index (χ2n) is 5.38. The Bertz CT molecular complexity index is 588. The molecule has 1 aliphatic rings. The van der Waals surface area contributed by atoms with Gasteiger partial charge in [0.1, 0.15) is 10.6 Å². The van der Waals surface area contributed by atoms with Crippen LogP contribution < -0.4 is 4.74 Å². The van der Waals surface area contributed by atoms with Crippen molar-refractivity contribution < 1.29 is 13.2 Å². The van der Waals surface area contributed by atoms with E-state index in [1.54, 1.807) is 22.5 Å². The summed E-state index contributed by atoms with van der Waals surface area (Å²) < 4.78 is 32.4. The third kappa shape index (κ3) is 2.80. The highest BCUT2D eigenvalue weighted by Gasteiger charge is 2.37. The molecule has 0 radical (unpaired) electrons. The summed E-state index contributed by atoms with van der Waals surface area (Å²) in [6.45, 7) is 4.57.